The van der Waals surface area contributed by atoms with Crippen LogP contribution in [0.5, 0.6) is 0 Å². The van der Waals surface area contributed by atoms with Crippen LogP contribution in [-0.2, 0) is 14.3 Å². The van der Waals surface area contributed by atoms with Crippen molar-refractivity contribution in [2.75, 3.05) is 12.9 Å². The second kappa shape index (κ2) is 7.34. The van der Waals surface area contributed by atoms with E-state index in [1.54, 1.807) is 25.6 Å². The third kappa shape index (κ3) is 3.40. The van der Waals surface area contributed by atoms with Crippen LogP contribution in [0.3, 0.4) is 0 Å². The van der Waals surface area contributed by atoms with Gasteiger partial charge in [0.25, 0.3) is 0 Å². The fourth-order valence-electron chi connectivity index (χ4n) is 2.67. The molecule has 0 fully saturated rings. The number of hydrogen-bond acceptors (Lipinski definition) is 5. The third-order valence-electron chi connectivity index (χ3n) is 3.75. The van der Waals surface area contributed by atoms with Gasteiger partial charge in [0.1, 0.15) is 5.92 Å². The maximum absolute atomic E-state index is 12.3. The smallest absolute Gasteiger partial charge is 0.336 e. The molecule has 0 unspecified atom stereocenters. The fourth-order valence-corrected chi connectivity index (χ4v) is 3.08. The maximum atomic E-state index is 12.3. The molecule has 5 nitrogen and oxygen atoms in total. The molecular weight excluding hydrogens is 312 g/mol. The minimum Gasteiger partial charge on any atom is -0.463 e. The summed E-state index contributed by atoms with van der Waals surface area (Å²) >= 11 is 1.60. The largest absolute Gasteiger partial charge is 0.463 e. The van der Waals surface area contributed by atoms with Crippen molar-refractivity contribution >= 4 is 23.6 Å². The molecule has 1 aromatic rings. The van der Waals surface area contributed by atoms with E-state index in [0.29, 0.717) is 11.3 Å². The van der Waals surface area contributed by atoms with E-state index in [1.807, 2.05) is 36.6 Å². The molecule has 1 aliphatic rings. The Kier molecular flexibility index (Phi) is 5.45. The van der Waals surface area contributed by atoms with Crippen LogP contribution in [0, 0.1) is 17.2 Å². The van der Waals surface area contributed by atoms with E-state index >= 15 is 0 Å². The van der Waals surface area contributed by atoms with Crippen molar-refractivity contribution in [1.82, 2.24) is 5.32 Å². The molecule has 1 amide bonds. The van der Waals surface area contributed by atoms with E-state index in [1.165, 1.54) is 0 Å². The minimum absolute atomic E-state index is 0.235. The lowest BCUT2D eigenvalue weighted by molar-refractivity contribution is -0.139. The normalized spacial score (nSPS) is 20.7. The molecule has 1 aromatic carbocycles. The minimum atomic E-state index is -0.960. The van der Waals surface area contributed by atoms with Crippen molar-refractivity contribution in [1.29, 1.82) is 5.26 Å². The van der Waals surface area contributed by atoms with Crippen LogP contribution in [0.2, 0.25) is 0 Å². The molecular formula is C17H18N2O3S. The van der Waals surface area contributed by atoms with Crippen LogP contribution in [-0.4, -0.2) is 24.7 Å². The predicted octanol–water partition coefficient (Wildman–Crippen LogP) is 2.60. The number of nitriles is 1. The lowest BCUT2D eigenvalue weighted by atomic mass is 9.77. The summed E-state index contributed by atoms with van der Waals surface area (Å²) in [5.74, 6) is -2.47. The van der Waals surface area contributed by atoms with Gasteiger partial charge in [-0.1, -0.05) is 12.1 Å². The van der Waals surface area contributed by atoms with Gasteiger partial charge in [0.2, 0.25) is 5.91 Å². The van der Waals surface area contributed by atoms with Crippen LogP contribution in [0.1, 0.15) is 25.3 Å². The Morgan fingerprint density at radius 1 is 1.39 bits per heavy atom. The van der Waals surface area contributed by atoms with E-state index in [0.717, 1.165) is 10.5 Å². The Hall–Kier alpha value is -2.26. The molecule has 0 saturated carbocycles. The third-order valence-corrected chi connectivity index (χ3v) is 4.49. The van der Waals surface area contributed by atoms with Crippen molar-refractivity contribution < 1.29 is 14.3 Å². The average Bonchev–Trinajstić information content (AvgIpc) is 2.54. The van der Waals surface area contributed by atoms with Gasteiger partial charge >= 0.3 is 5.97 Å². The van der Waals surface area contributed by atoms with Gasteiger partial charge in [0, 0.05) is 16.5 Å². The van der Waals surface area contributed by atoms with E-state index in [4.69, 9.17) is 4.74 Å². The first-order valence-electron chi connectivity index (χ1n) is 7.25. The number of hydrogen-bond donors (Lipinski definition) is 1. The van der Waals surface area contributed by atoms with Crippen LogP contribution in [0.25, 0.3) is 0 Å². The highest BCUT2D eigenvalue weighted by Gasteiger charge is 2.41. The number of amides is 1. The number of esters is 1. The van der Waals surface area contributed by atoms with E-state index in [9.17, 15) is 14.9 Å². The number of carbonyl (C=O) groups excluding carboxylic acids is 2. The van der Waals surface area contributed by atoms with Gasteiger partial charge in [-0.3, -0.25) is 4.79 Å². The summed E-state index contributed by atoms with van der Waals surface area (Å²) < 4.78 is 5.11. The van der Waals surface area contributed by atoms with Gasteiger partial charge in [-0.25, -0.2) is 4.79 Å². The standard InChI is InChI=1S/C17H18N2O3S/c1-4-22-17(21)14-10(2)19-16(20)13(9-18)15(14)11-5-7-12(23-3)8-6-11/h5-8,13,15H,4H2,1-3H3,(H,19,20)/t13-,15+/m1/s1. The molecule has 0 saturated heterocycles. The lowest BCUT2D eigenvalue weighted by Crippen LogP contribution is -2.41. The van der Waals surface area contributed by atoms with Crippen LogP contribution in [0.4, 0.5) is 0 Å². The summed E-state index contributed by atoms with van der Waals surface area (Å²) in [6.07, 6.45) is 1.97. The Labute approximate surface area is 139 Å². The number of nitrogens with one attached hydrogen (secondary N) is 1. The van der Waals surface area contributed by atoms with Crippen molar-refractivity contribution in [3.63, 3.8) is 0 Å². The van der Waals surface area contributed by atoms with E-state index < -0.39 is 23.7 Å². The summed E-state index contributed by atoms with van der Waals surface area (Å²) in [5.41, 5.74) is 1.54. The van der Waals surface area contributed by atoms with Crippen LogP contribution < -0.4 is 5.32 Å². The molecule has 0 bridgehead atoms. The number of carbonyl (C=O) groups is 2. The summed E-state index contributed by atoms with van der Waals surface area (Å²) in [6, 6.07) is 9.56. The Morgan fingerprint density at radius 3 is 2.57 bits per heavy atom. The molecule has 1 aliphatic heterocycles. The van der Waals surface area contributed by atoms with Gasteiger partial charge in [0.05, 0.1) is 18.2 Å². The Balaban J connectivity index is 2.54. The summed E-state index contributed by atoms with van der Waals surface area (Å²) in [5, 5.41) is 12.0. The zero-order chi connectivity index (χ0) is 17.0. The molecule has 6 heteroatoms. The molecule has 2 rings (SSSR count). The molecule has 2 atom stereocenters. The first-order valence-corrected chi connectivity index (χ1v) is 8.48. The number of ether oxygens (including phenoxy) is 1. The van der Waals surface area contributed by atoms with Crippen molar-refractivity contribution in [3.05, 3.63) is 41.1 Å². The highest BCUT2D eigenvalue weighted by molar-refractivity contribution is 7.98. The summed E-state index contributed by atoms with van der Waals surface area (Å²) in [6.45, 7) is 3.61. The Bertz CT molecular complexity index is 689. The first kappa shape index (κ1) is 17.1. The second-order valence-corrected chi connectivity index (χ2v) is 5.99. The number of nitrogens with zero attached hydrogens (tertiary/aromatic N) is 1. The van der Waals surface area contributed by atoms with E-state index in [-0.39, 0.29) is 6.61 Å². The summed E-state index contributed by atoms with van der Waals surface area (Å²) in [7, 11) is 0. The zero-order valence-corrected chi connectivity index (χ0v) is 14.1. The number of thioether (sulfide) groups is 1. The molecule has 1 heterocycles. The van der Waals surface area contributed by atoms with Crippen molar-refractivity contribution in [2.45, 2.75) is 24.7 Å². The maximum Gasteiger partial charge on any atom is 0.336 e. The molecule has 0 radical (unpaired) electrons. The lowest BCUT2D eigenvalue weighted by Gasteiger charge is -2.30. The van der Waals surface area contributed by atoms with Gasteiger partial charge in [0.15, 0.2) is 0 Å². The van der Waals surface area contributed by atoms with Gasteiger partial charge in [-0.2, -0.15) is 5.26 Å². The van der Waals surface area contributed by atoms with Gasteiger partial charge in [-0.05, 0) is 37.8 Å². The SMILES string of the molecule is CCOC(=O)C1=C(C)NC(=O)[C@H](C#N)[C@@H]1c1ccc(SC)cc1. The topological polar surface area (TPSA) is 79.2 Å². The van der Waals surface area contributed by atoms with Crippen molar-refractivity contribution in [2.24, 2.45) is 5.92 Å². The molecule has 1 N–H and O–H groups in total. The fraction of sp³-hybridized carbons (Fsp3) is 0.353. The molecule has 0 aliphatic carbocycles. The molecule has 23 heavy (non-hydrogen) atoms. The zero-order valence-electron chi connectivity index (χ0n) is 13.3. The van der Waals surface area contributed by atoms with Crippen LogP contribution in [0.15, 0.2) is 40.4 Å². The monoisotopic (exact) mass is 330 g/mol. The number of rotatable bonds is 4. The summed E-state index contributed by atoms with van der Waals surface area (Å²) in [4.78, 5) is 25.6. The number of benzene rings is 1. The van der Waals surface area contributed by atoms with Crippen LogP contribution >= 0.6 is 11.8 Å². The molecule has 120 valence electrons. The highest BCUT2D eigenvalue weighted by Crippen LogP contribution is 2.37. The average molecular weight is 330 g/mol. The predicted molar refractivity (Wildman–Crippen MR) is 87.5 cm³/mol. The quantitative estimate of drug-likeness (QED) is 0.678. The molecule has 0 aromatic heterocycles. The van der Waals surface area contributed by atoms with Crippen molar-refractivity contribution in [3.8, 4) is 6.07 Å². The van der Waals surface area contributed by atoms with Gasteiger partial charge in [-0.15, -0.1) is 11.8 Å². The first-order chi connectivity index (χ1) is 11.0. The second-order valence-electron chi connectivity index (χ2n) is 5.11. The van der Waals surface area contributed by atoms with Gasteiger partial charge < -0.3 is 10.1 Å². The Morgan fingerprint density at radius 2 is 2.04 bits per heavy atom. The number of allylic oxidation sites excluding steroid dienone is 1. The van der Waals surface area contributed by atoms with E-state index in [2.05, 4.69) is 5.32 Å². The molecule has 0 spiro atoms. The highest BCUT2D eigenvalue weighted by atomic mass is 32.2.